The lowest BCUT2D eigenvalue weighted by Gasteiger charge is -2.59. The van der Waals surface area contributed by atoms with E-state index in [2.05, 4.69) is 26.1 Å². The van der Waals surface area contributed by atoms with Crippen LogP contribution in [0, 0.1) is 10.8 Å². The van der Waals surface area contributed by atoms with Crippen LogP contribution in [0.15, 0.2) is 0 Å². The predicted octanol–water partition coefficient (Wildman–Crippen LogP) is 4.67. The summed E-state index contributed by atoms with van der Waals surface area (Å²) in [6, 6.07) is 1.50. The van der Waals surface area contributed by atoms with Gasteiger partial charge in [-0.1, -0.05) is 33.1 Å². The van der Waals surface area contributed by atoms with Crippen LogP contribution in [-0.2, 0) is 4.74 Å². The van der Waals surface area contributed by atoms with Crippen LogP contribution in [0.25, 0.3) is 0 Å². The zero-order chi connectivity index (χ0) is 14.9. The van der Waals surface area contributed by atoms with Crippen LogP contribution in [0.5, 0.6) is 0 Å². The fraction of sp³-hybridized carbons (Fsp3) is 1.00. The molecule has 2 heteroatoms. The first kappa shape index (κ1) is 15.8. The lowest BCUT2D eigenvalue weighted by molar-refractivity contribution is -0.153. The molecule has 2 atom stereocenters. The van der Waals surface area contributed by atoms with Crippen molar-refractivity contribution in [3.05, 3.63) is 0 Å². The fourth-order valence-electron chi connectivity index (χ4n) is 5.15. The molecule has 0 aliphatic heterocycles. The lowest BCUT2D eigenvalue weighted by atomic mass is 9.55. The molecule has 0 aromatic rings. The second-order valence-corrected chi connectivity index (χ2v) is 8.63. The van der Waals surface area contributed by atoms with Gasteiger partial charge in [0.2, 0.25) is 0 Å². The Labute approximate surface area is 131 Å². The Hall–Kier alpha value is -0.0800. The molecule has 0 amide bonds. The Kier molecular flexibility index (Phi) is 4.66. The summed E-state index contributed by atoms with van der Waals surface area (Å²) in [6.07, 6.45) is 14.4. The molecule has 0 aromatic carbocycles. The highest BCUT2D eigenvalue weighted by molar-refractivity contribution is 5.09. The molecule has 2 unspecified atom stereocenters. The molecule has 0 radical (unpaired) electrons. The van der Waals surface area contributed by atoms with E-state index in [1.807, 2.05) is 0 Å². The Balaban J connectivity index is 1.58. The van der Waals surface area contributed by atoms with Gasteiger partial charge in [-0.05, 0) is 57.3 Å². The van der Waals surface area contributed by atoms with Gasteiger partial charge >= 0.3 is 0 Å². The Morgan fingerprint density at radius 3 is 2.29 bits per heavy atom. The molecule has 1 spiro atoms. The summed E-state index contributed by atoms with van der Waals surface area (Å²) in [4.78, 5) is 0. The van der Waals surface area contributed by atoms with Crippen molar-refractivity contribution in [1.82, 2.24) is 5.32 Å². The van der Waals surface area contributed by atoms with Crippen molar-refractivity contribution in [3.8, 4) is 0 Å². The van der Waals surface area contributed by atoms with Crippen molar-refractivity contribution in [3.63, 3.8) is 0 Å². The minimum absolute atomic E-state index is 0.487. The van der Waals surface area contributed by atoms with Crippen LogP contribution in [0.4, 0.5) is 0 Å². The Morgan fingerprint density at radius 2 is 1.67 bits per heavy atom. The average Bonchev–Trinajstić information content (AvgIpc) is 2.49. The first-order chi connectivity index (χ1) is 10.1. The van der Waals surface area contributed by atoms with Gasteiger partial charge in [0, 0.05) is 24.1 Å². The summed E-state index contributed by atoms with van der Waals surface area (Å²) in [5, 5.41) is 4.06. The number of rotatable bonds is 4. The second kappa shape index (κ2) is 6.20. The predicted molar refractivity (Wildman–Crippen MR) is 88.5 cm³/mol. The van der Waals surface area contributed by atoms with E-state index in [9.17, 15) is 0 Å². The molecule has 0 heterocycles. The van der Waals surface area contributed by atoms with E-state index in [1.165, 1.54) is 64.2 Å². The van der Waals surface area contributed by atoms with Crippen molar-refractivity contribution >= 4 is 0 Å². The van der Waals surface area contributed by atoms with Gasteiger partial charge in [-0.15, -0.1) is 0 Å². The topological polar surface area (TPSA) is 21.3 Å². The van der Waals surface area contributed by atoms with Crippen LogP contribution in [0.1, 0.15) is 85.0 Å². The SMILES string of the molecule is CCOC1CC(NC2CCC(C)(C)CC2)C12CCCCC2. The molecule has 3 saturated carbocycles. The number of hydrogen-bond acceptors (Lipinski definition) is 2. The first-order valence-electron chi connectivity index (χ1n) is 9.43. The lowest BCUT2D eigenvalue weighted by Crippen LogP contribution is -2.66. The van der Waals surface area contributed by atoms with Gasteiger partial charge in [0.15, 0.2) is 0 Å². The number of nitrogens with one attached hydrogen (secondary N) is 1. The van der Waals surface area contributed by atoms with Gasteiger partial charge in [0.05, 0.1) is 6.10 Å². The molecule has 3 rings (SSSR count). The van der Waals surface area contributed by atoms with Gasteiger partial charge in [0.1, 0.15) is 0 Å². The zero-order valence-corrected chi connectivity index (χ0v) is 14.4. The summed E-state index contributed by atoms with van der Waals surface area (Å²) < 4.78 is 6.08. The highest BCUT2D eigenvalue weighted by atomic mass is 16.5. The summed E-state index contributed by atoms with van der Waals surface area (Å²) in [5.74, 6) is 0. The first-order valence-corrected chi connectivity index (χ1v) is 9.43. The standard InChI is InChI=1S/C19H35NO/c1-4-21-17-14-16(19(17)10-6-5-7-11-19)20-15-8-12-18(2,3)13-9-15/h15-17,20H,4-14H2,1-3H3. The van der Waals surface area contributed by atoms with Crippen LogP contribution in [0.2, 0.25) is 0 Å². The smallest absolute Gasteiger partial charge is 0.0661 e. The highest BCUT2D eigenvalue weighted by Crippen LogP contribution is 2.53. The van der Waals surface area contributed by atoms with Gasteiger partial charge in [0.25, 0.3) is 0 Å². The molecule has 0 bridgehead atoms. The van der Waals surface area contributed by atoms with E-state index in [-0.39, 0.29) is 0 Å². The number of ether oxygens (including phenoxy) is 1. The molecule has 3 aliphatic rings. The van der Waals surface area contributed by atoms with E-state index < -0.39 is 0 Å². The van der Waals surface area contributed by atoms with E-state index >= 15 is 0 Å². The summed E-state index contributed by atoms with van der Waals surface area (Å²) in [6.45, 7) is 7.90. The molecular formula is C19H35NO. The van der Waals surface area contributed by atoms with E-state index in [0.29, 0.717) is 16.9 Å². The maximum absolute atomic E-state index is 6.08. The van der Waals surface area contributed by atoms with Gasteiger partial charge < -0.3 is 10.1 Å². The second-order valence-electron chi connectivity index (χ2n) is 8.63. The Bertz CT molecular complexity index is 335. The Morgan fingerprint density at radius 1 is 1.00 bits per heavy atom. The normalized spacial score (nSPS) is 35.6. The molecule has 0 saturated heterocycles. The zero-order valence-electron chi connectivity index (χ0n) is 14.4. The summed E-state index contributed by atoms with van der Waals surface area (Å²) in [7, 11) is 0. The van der Waals surface area contributed by atoms with Crippen LogP contribution < -0.4 is 5.32 Å². The van der Waals surface area contributed by atoms with E-state index in [4.69, 9.17) is 4.74 Å². The molecule has 3 fully saturated rings. The van der Waals surface area contributed by atoms with Gasteiger partial charge in [-0.2, -0.15) is 0 Å². The largest absolute Gasteiger partial charge is 0.378 e. The van der Waals surface area contributed by atoms with Crippen molar-refractivity contribution in [1.29, 1.82) is 0 Å². The maximum Gasteiger partial charge on any atom is 0.0661 e. The molecular weight excluding hydrogens is 258 g/mol. The molecule has 21 heavy (non-hydrogen) atoms. The van der Waals surface area contributed by atoms with Gasteiger partial charge in [-0.25, -0.2) is 0 Å². The third-order valence-electron chi connectivity index (χ3n) is 6.71. The molecule has 3 aliphatic carbocycles. The van der Waals surface area contributed by atoms with Crippen LogP contribution in [0.3, 0.4) is 0 Å². The molecule has 2 nitrogen and oxygen atoms in total. The third-order valence-corrected chi connectivity index (χ3v) is 6.71. The monoisotopic (exact) mass is 293 g/mol. The van der Waals surface area contributed by atoms with E-state index in [1.54, 1.807) is 0 Å². The maximum atomic E-state index is 6.08. The fourth-order valence-corrected chi connectivity index (χ4v) is 5.15. The molecule has 122 valence electrons. The average molecular weight is 293 g/mol. The van der Waals surface area contributed by atoms with Crippen LogP contribution >= 0.6 is 0 Å². The van der Waals surface area contributed by atoms with Crippen molar-refractivity contribution < 1.29 is 4.74 Å². The summed E-state index contributed by atoms with van der Waals surface area (Å²) >= 11 is 0. The number of hydrogen-bond donors (Lipinski definition) is 1. The van der Waals surface area contributed by atoms with Crippen molar-refractivity contribution in [2.75, 3.05) is 6.61 Å². The minimum Gasteiger partial charge on any atom is -0.378 e. The quantitative estimate of drug-likeness (QED) is 0.813. The van der Waals surface area contributed by atoms with Crippen molar-refractivity contribution in [2.24, 2.45) is 10.8 Å². The van der Waals surface area contributed by atoms with Crippen molar-refractivity contribution in [2.45, 2.75) is 103 Å². The molecule has 0 aromatic heterocycles. The minimum atomic E-state index is 0.487. The third kappa shape index (κ3) is 3.17. The van der Waals surface area contributed by atoms with E-state index in [0.717, 1.165) is 18.7 Å². The van der Waals surface area contributed by atoms with Crippen LogP contribution in [-0.4, -0.2) is 24.8 Å². The highest BCUT2D eigenvalue weighted by Gasteiger charge is 2.55. The summed E-state index contributed by atoms with van der Waals surface area (Å²) in [5.41, 5.74) is 1.06. The van der Waals surface area contributed by atoms with Gasteiger partial charge in [-0.3, -0.25) is 0 Å². The molecule has 1 N–H and O–H groups in total.